The molecule has 1 aliphatic heterocycles. The number of amides is 1. The third kappa shape index (κ3) is 2.50. The smallest absolute Gasteiger partial charge is 0.247 e. The van der Waals surface area contributed by atoms with Crippen LogP contribution in [0.15, 0.2) is 17.5 Å². The van der Waals surface area contributed by atoms with Crippen molar-refractivity contribution in [1.29, 1.82) is 0 Å². The van der Waals surface area contributed by atoms with Gasteiger partial charge in [0.25, 0.3) is 0 Å². The maximum absolute atomic E-state index is 12.6. The molecule has 2 aromatic rings. The number of hydrogen-bond donors (Lipinski definition) is 0. The molecule has 1 aliphatic rings. The van der Waals surface area contributed by atoms with Gasteiger partial charge >= 0.3 is 0 Å². The van der Waals surface area contributed by atoms with E-state index in [0.717, 1.165) is 29.9 Å². The summed E-state index contributed by atoms with van der Waals surface area (Å²) in [5.41, 5.74) is 4.37. The first-order chi connectivity index (χ1) is 10.5. The predicted octanol–water partition coefficient (Wildman–Crippen LogP) is 3.26. The second kappa shape index (κ2) is 5.72. The number of carbonyl (C=O) groups excluding carboxylic acids is 1. The Hall–Kier alpha value is -1.88. The van der Waals surface area contributed by atoms with Crippen molar-refractivity contribution in [2.24, 2.45) is 7.05 Å². The van der Waals surface area contributed by atoms with Gasteiger partial charge in [0.15, 0.2) is 0 Å². The van der Waals surface area contributed by atoms with Crippen LogP contribution in [0.1, 0.15) is 40.4 Å². The minimum Gasteiger partial charge on any atom is -0.332 e. The molecule has 22 heavy (non-hydrogen) atoms. The zero-order valence-corrected chi connectivity index (χ0v) is 14.3. The van der Waals surface area contributed by atoms with Crippen LogP contribution in [-0.2, 0) is 18.3 Å². The maximum Gasteiger partial charge on any atom is 0.247 e. The molecule has 0 bridgehead atoms. The molecule has 0 radical (unpaired) electrons. The molecule has 0 spiro atoms. The lowest BCUT2D eigenvalue weighted by molar-refractivity contribution is -0.128. The molecule has 0 aliphatic carbocycles. The van der Waals surface area contributed by atoms with Crippen molar-refractivity contribution in [2.45, 2.75) is 33.2 Å². The van der Waals surface area contributed by atoms with Gasteiger partial charge in [-0.25, -0.2) is 0 Å². The van der Waals surface area contributed by atoms with E-state index < -0.39 is 0 Å². The van der Waals surface area contributed by atoms with E-state index in [1.165, 1.54) is 10.4 Å². The highest BCUT2D eigenvalue weighted by Crippen LogP contribution is 2.32. The summed E-state index contributed by atoms with van der Waals surface area (Å²) in [7, 11) is 1.92. The lowest BCUT2D eigenvalue weighted by Crippen LogP contribution is -2.37. The highest BCUT2D eigenvalue weighted by molar-refractivity contribution is 7.10. The second-order valence-corrected chi connectivity index (χ2v) is 6.80. The molecule has 3 rings (SSSR count). The average molecular weight is 315 g/mol. The van der Waals surface area contributed by atoms with Crippen molar-refractivity contribution in [3.8, 4) is 0 Å². The molecule has 0 fully saturated rings. The molecular weight excluding hydrogens is 294 g/mol. The van der Waals surface area contributed by atoms with E-state index in [-0.39, 0.29) is 11.9 Å². The van der Waals surface area contributed by atoms with Crippen molar-refractivity contribution in [3.63, 3.8) is 0 Å². The molecule has 0 N–H and O–H groups in total. The Balaban J connectivity index is 1.79. The Morgan fingerprint density at radius 2 is 2.23 bits per heavy atom. The molecule has 0 aromatic carbocycles. The molecule has 1 amide bonds. The van der Waals surface area contributed by atoms with Crippen LogP contribution in [0, 0.1) is 13.8 Å². The molecule has 4 nitrogen and oxygen atoms in total. The van der Waals surface area contributed by atoms with Crippen molar-refractivity contribution in [1.82, 2.24) is 14.7 Å². The first-order valence-electron chi connectivity index (χ1n) is 7.54. The average Bonchev–Trinajstić information content (AvgIpc) is 3.04. The van der Waals surface area contributed by atoms with E-state index in [4.69, 9.17) is 0 Å². The van der Waals surface area contributed by atoms with Crippen molar-refractivity contribution >= 4 is 23.3 Å². The highest BCUT2D eigenvalue weighted by Gasteiger charge is 2.27. The minimum absolute atomic E-state index is 0.0759. The fourth-order valence-corrected chi connectivity index (χ4v) is 4.05. The van der Waals surface area contributed by atoms with Crippen LogP contribution in [0.4, 0.5) is 0 Å². The molecule has 1 atom stereocenters. The lowest BCUT2D eigenvalue weighted by Gasteiger charge is -2.32. The topological polar surface area (TPSA) is 38.1 Å². The number of nitrogens with zero attached hydrogens (tertiary/aromatic N) is 3. The van der Waals surface area contributed by atoms with E-state index in [1.807, 2.05) is 36.6 Å². The minimum atomic E-state index is 0.0759. The first-order valence-corrected chi connectivity index (χ1v) is 8.42. The van der Waals surface area contributed by atoms with E-state index in [1.54, 1.807) is 17.4 Å². The highest BCUT2D eigenvalue weighted by atomic mass is 32.1. The number of hydrogen-bond acceptors (Lipinski definition) is 3. The Morgan fingerprint density at radius 3 is 2.91 bits per heavy atom. The van der Waals surface area contributed by atoms with Crippen molar-refractivity contribution in [2.75, 3.05) is 6.54 Å². The maximum atomic E-state index is 12.6. The van der Waals surface area contributed by atoms with Gasteiger partial charge in [0.05, 0.1) is 11.7 Å². The van der Waals surface area contributed by atoms with Gasteiger partial charge in [0.2, 0.25) is 5.91 Å². The van der Waals surface area contributed by atoms with Crippen LogP contribution < -0.4 is 0 Å². The predicted molar refractivity (Wildman–Crippen MR) is 89.9 cm³/mol. The van der Waals surface area contributed by atoms with Gasteiger partial charge < -0.3 is 4.90 Å². The van der Waals surface area contributed by atoms with E-state index in [0.29, 0.717) is 0 Å². The lowest BCUT2D eigenvalue weighted by atomic mass is 10.0. The molecule has 5 heteroatoms. The third-order valence-electron chi connectivity index (χ3n) is 4.52. The SMILES string of the molecule is Cc1nn(C)c(C)c1/C=C\C(=O)N1CCc2sccc2[C@H]1C. The second-order valence-electron chi connectivity index (χ2n) is 5.80. The molecule has 0 unspecified atom stereocenters. The monoisotopic (exact) mass is 315 g/mol. The first kappa shape index (κ1) is 15.0. The molecule has 116 valence electrons. The van der Waals surface area contributed by atoms with E-state index in [2.05, 4.69) is 23.5 Å². The molecule has 0 saturated carbocycles. The molecule has 3 heterocycles. The van der Waals surface area contributed by atoms with E-state index >= 15 is 0 Å². The molecule has 0 saturated heterocycles. The summed E-state index contributed by atoms with van der Waals surface area (Å²) in [6.45, 7) is 6.89. The summed E-state index contributed by atoms with van der Waals surface area (Å²) in [6.07, 6.45) is 4.54. The van der Waals surface area contributed by atoms with Crippen molar-refractivity contribution < 1.29 is 4.79 Å². The number of carbonyl (C=O) groups is 1. The number of aromatic nitrogens is 2. The van der Waals surface area contributed by atoms with Gasteiger partial charge in [-0.15, -0.1) is 11.3 Å². The molecular formula is C17H21N3OS. The number of thiophene rings is 1. The number of aryl methyl sites for hydroxylation is 2. The summed E-state index contributed by atoms with van der Waals surface area (Å²) in [4.78, 5) is 15.9. The summed E-state index contributed by atoms with van der Waals surface area (Å²) in [6, 6.07) is 2.30. The third-order valence-corrected chi connectivity index (χ3v) is 5.51. The standard InChI is InChI=1S/C17H21N3OS/c1-11-14(12(2)19(4)18-11)5-6-17(21)20-9-7-16-15(13(20)3)8-10-22-16/h5-6,8,10,13H,7,9H2,1-4H3/b6-5-/t13-/m1/s1. The van der Waals surface area contributed by atoms with Gasteiger partial charge in [-0.2, -0.15) is 5.10 Å². The number of fused-ring (bicyclic) bond motifs is 1. The zero-order valence-electron chi connectivity index (χ0n) is 13.5. The Kier molecular flexibility index (Phi) is 3.91. The van der Waals surface area contributed by atoms with Crippen LogP contribution in [0.25, 0.3) is 6.08 Å². The molecule has 2 aromatic heterocycles. The van der Waals surface area contributed by atoms with Gasteiger partial charge in [-0.05, 0) is 50.3 Å². The summed E-state index contributed by atoms with van der Waals surface area (Å²) >= 11 is 1.79. The van der Waals surface area contributed by atoms with Crippen LogP contribution >= 0.6 is 11.3 Å². The normalized spacial score (nSPS) is 18.0. The van der Waals surface area contributed by atoms with Crippen LogP contribution in [-0.4, -0.2) is 27.1 Å². The summed E-state index contributed by atoms with van der Waals surface area (Å²) in [5.74, 6) is 0.0759. The summed E-state index contributed by atoms with van der Waals surface area (Å²) < 4.78 is 1.85. The Morgan fingerprint density at radius 1 is 1.45 bits per heavy atom. The van der Waals surface area contributed by atoms with Crippen LogP contribution in [0.5, 0.6) is 0 Å². The van der Waals surface area contributed by atoms with Gasteiger partial charge in [0, 0.05) is 35.8 Å². The van der Waals surface area contributed by atoms with Crippen LogP contribution in [0.2, 0.25) is 0 Å². The van der Waals surface area contributed by atoms with Crippen LogP contribution in [0.3, 0.4) is 0 Å². The fraction of sp³-hybridized carbons (Fsp3) is 0.412. The zero-order chi connectivity index (χ0) is 15.9. The quantitative estimate of drug-likeness (QED) is 0.798. The number of rotatable bonds is 2. The Bertz CT molecular complexity index is 741. The van der Waals surface area contributed by atoms with Gasteiger partial charge in [-0.3, -0.25) is 9.48 Å². The van der Waals surface area contributed by atoms with Gasteiger partial charge in [-0.1, -0.05) is 0 Å². The van der Waals surface area contributed by atoms with Crippen molar-refractivity contribution in [3.05, 3.63) is 44.9 Å². The fourth-order valence-electron chi connectivity index (χ4n) is 3.09. The van der Waals surface area contributed by atoms with E-state index in [9.17, 15) is 4.79 Å². The van der Waals surface area contributed by atoms with Gasteiger partial charge in [0.1, 0.15) is 0 Å². The Labute approximate surface area is 135 Å². The summed E-state index contributed by atoms with van der Waals surface area (Å²) in [5, 5.41) is 6.50. The largest absolute Gasteiger partial charge is 0.332 e.